The van der Waals surface area contributed by atoms with Gasteiger partial charge in [0, 0.05) is 10.7 Å². The maximum atomic E-state index is 6.35. The van der Waals surface area contributed by atoms with Crippen LogP contribution in [0.3, 0.4) is 0 Å². The number of aryl methyl sites for hydroxylation is 1. The van der Waals surface area contributed by atoms with Crippen molar-refractivity contribution in [1.82, 2.24) is 0 Å². The van der Waals surface area contributed by atoms with Gasteiger partial charge in [-0.15, -0.1) is 0 Å². The van der Waals surface area contributed by atoms with Crippen LogP contribution in [0.1, 0.15) is 23.6 Å². The summed E-state index contributed by atoms with van der Waals surface area (Å²) in [7, 11) is 0. The highest BCUT2D eigenvalue weighted by Gasteiger charge is 2.03. The third-order valence-corrected chi connectivity index (χ3v) is 4.79. The fraction of sp³-hybridized carbons (Fsp3) is 0.136. The summed E-state index contributed by atoms with van der Waals surface area (Å²) >= 11 is 9.77. The Morgan fingerprint density at radius 1 is 0.962 bits per heavy atom. The van der Waals surface area contributed by atoms with Crippen LogP contribution >= 0.6 is 27.5 Å². The summed E-state index contributed by atoms with van der Waals surface area (Å²) in [5.41, 5.74) is 4.25. The quantitative estimate of drug-likeness (QED) is 0.387. The van der Waals surface area contributed by atoms with E-state index in [1.54, 1.807) is 0 Å². The lowest BCUT2D eigenvalue weighted by molar-refractivity contribution is 0.306. The maximum Gasteiger partial charge on any atom is 0.138 e. The Morgan fingerprint density at radius 2 is 1.65 bits per heavy atom. The van der Waals surface area contributed by atoms with Gasteiger partial charge in [-0.2, -0.15) is 0 Å². The molecule has 26 heavy (non-hydrogen) atoms. The second kappa shape index (κ2) is 9.02. The lowest BCUT2D eigenvalue weighted by Crippen LogP contribution is -1.96. The van der Waals surface area contributed by atoms with E-state index in [4.69, 9.17) is 16.3 Å². The summed E-state index contributed by atoms with van der Waals surface area (Å²) < 4.78 is 6.86. The Balaban J connectivity index is 1.64. The van der Waals surface area contributed by atoms with Crippen LogP contribution in [0, 0.1) is 0 Å². The van der Waals surface area contributed by atoms with Gasteiger partial charge >= 0.3 is 0 Å². The molecule has 3 aromatic carbocycles. The molecular formula is C22H19BrClNO. The second-order valence-corrected chi connectivity index (χ2v) is 7.21. The van der Waals surface area contributed by atoms with Crippen molar-refractivity contribution in [1.29, 1.82) is 0 Å². The predicted octanol–water partition coefficient (Wildman–Crippen LogP) is 6.99. The Hall–Kier alpha value is -2.10. The van der Waals surface area contributed by atoms with Gasteiger partial charge in [-0.3, -0.25) is 4.99 Å². The van der Waals surface area contributed by atoms with E-state index in [0.717, 1.165) is 27.7 Å². The molecule has 0 unspecified atom stereocenters. The third-order valence-electron chi connectivity index (χ3n) is 3.97. The first-order valence-electron chi connectivity index (χ1n) is 8.44. The van der Waals surface area contributed by atoms with Gasteiger partial charge in [-0.05, 0) is 65.6 Å². The summed E-state index contributed by atoms with van der Waals surface area (Å²) in [6.45, 7) is 2.62. The molecule has 0 atom stereocenters. The Labute approximate surface area is 167 Å². The van der Waals surface area contributed by atoms with Crippen molar-refractivity contribution in [3.63, 3.8) is 0 Å². The van der Waals surface area contributed by atoms with Gasteiger partial charge in [0.25, 0.3) is 0 Å². The van der Waals surface area contributed by atoms with E-state index in [-0.39, 0.29) is 0 Å². The standard InChI is InChI=1S/C22H19BrClNO/c1-2-16-5-10-20(11-6-16)25-14-18-7-12-22(21(24)13-18)26-15-17-3-8-19(23)9-4-17/h3-14H,2,15H2,1H3. The van der Waals surface area contributed by atoms with Crippen LogP contribution in [0.4, 0.5) is 5.69 Å². The molecule has 0 fully saturated rings. The lowest BCUT2D eigenvalue weighted by atomic mass is 10.1. The largest absolute Gasteiger partial charge is 0.487 e. The van der Waals surface area contributed by atoms with Gasteiger partial charge < -0.3 is 4.74 Å². The summed E-state index contributed by atoms with van der Waals surface area (Å²) in [5, 5.41) is 0.576. The average molecular weight is 429 g/mol. The number of hydrogen-bond donors (Lipinski definition) is 0. The first-order chi connectivity index (χ1) is 12.6. The Morgan fingerprint density at radius 3 is 2.31 bits per heavy atom. The van der Waals surface area contributed by atoms with Gasteiger partial charge in [0.2, 0.25) is 0 Å². The molecule has 0 saturated carbocycles. The minimum Gasteiger partial charge on any atom is -0.487 e. The molecule has 0 N–H and O–H groups in total. The molecule has 0 aliphatic rings. The number of hydrogen-bond acceptors (Lipinski definition) is 2. The van der Waals surface area contributed by atoms with Crippen molar-refractivity contribution in [3.05, 3.63) is 92.9 Å². The molecule has 3 aromatic rings. The van der Waals surface area contributed by atoms with Crippen molar-refractivity contribution in [2.75, 3.05) is 0 Å². The maximum absolute atomic E-state index is 6.35. The molecule has 2 nitrogen and oxygen atoms in total. The van der Waals surface area contributed by atoms with E-state index in [0.29, 0.717) is 17.4 Å². The number of nitrogens with zero attached hydrogens (tertiary/aromatic N) is 1. The molecule has 0 saturated heterocycles. The van der Waals surface area contributed by atoms with Crippen molar-refractivity contribution in [3.8, 4) is 5.75 Å². The highest BCUT2D eigenvalue weighted by atomic mass is 79.9. The molecule has 0 radical (unpaired) electrons. The smallest absolute Gasteiger partial charge is 0.138 e. The summed E-state index contributed by atoms with van der Waals surface area (Å²) in [6, 6.07) is 21.9. The number of aliphatic imine (C=N–C) groups is 1. The van der Waals surface area contributed by atoms with Gasteiger partial charge in [0.1, 0.15) is 12.4 Å². The van der Waals surface area contributed by atoms with E-state index < -0.39 is 0 Å². The fourth-order valence-corrected chi connectivity index (χ4v) is 2.93. The molecular weight excluding hydrogens is 410 g/mol. The summed E-state index contributed by atoms with van der Waals surface area (Å²) in [6.07, 6.45) is 2.84. The highest BCUT2D eigenvalue weighted by Crippen LogP contribution is 2.26. The number of rotatable bonds is 6. The zero-order valence-corrected chi connectivity index (χ0v) is 16.8. The van der Waals surface area contributed by atoms with Gasteiger partial charge in [-0.1, -0.05) is 58.7 Å². The SMILES string of the molecule is CCc1ccc(N=Cc2ccc(OCc3ccc(Br)cc3)c(Cl)c2)cc1. The van der Waals surface area contributed by atoms with Crippen LogP contribution in [0.25, 0.3) is 0 Å². The molecule has 132 valence electrons. The van der Waals surface area contributed by atoms with Crippen LogP contribution in [0.15, 0.2) is 76.2 Å². The molecule has 0 aliphatic heterocycles. The topological polar surface area (TPSA) is 21.6 Å². The first-order valence-corrected chi connectivity index (χ1v) is 9.61. The van der Waals surface area contributed by atoms with Crippen LogP contribution < -0.4 is 4.74 Å². The second-order valence-electron chi connectivity index (χ2n) is 5.88. The molecule has 0 bridgehead atoms. The summed E-state index contributed by atoms with van der Waals surface area (Å²) in [4.78, 5) is 4.50. The van der Waals surface area contributed by atoms with Gasteiger partial charge in [0.15, 0.2) is 0 Å². The van der Waals surface area contributed by atoms with Crippen molar-refractivity contribution >= 4 is 39.4 Å². The van der Waals surface area contributed by atoms with E-state index in [9.17, 15) is 0 Å². The molecule has 0 amide bonds. The molecule has 0 aromatic heterocycles. The van der Waals surface area contributed by atoms with Crippen molar-refractivity contribution in [2.24, 2.45) is 4.99 Å². The van der Waals surface area contributed by atoms with Crippen LogP contribution in [-0.2, 0) is 13.0 Å². The Bertz CT molecular complexity index is 889. The minimum absolute atomic E-state index is 0.476. The highest BCUT2D eigenvalue weighted by molar-refractivity contribution is 9.10. The van der Waals surface area contributed by atoms with E-state index in [1.165, 1.54) is 5.56 Å². The zero-order chi connectivity index (χ0) is 18.4. The number of halogens is 2. The van der Waals surface area contributed by atoms with Crippen molar-refractivity contribution < 1.29 is 4.74 Å². The lowest BCUT2D eigenvalue weighted by Gasteiger charge is -2.09. The zero-order valence-electron chi connectivity index (χ0n) is 14.5. The molecule has 0 heterocycles. The first kappa shape index (κ1) is 18.7. The Kier molecular flexibility index (Phi) is 6.48. The summed E-state index contributed by atoms with van der Waals surface area (Å²) in [5.74, 6) is 0.666. The van der Waals surface area contributed by atoms with Crippen LogP contribution in [0.5, 0.6) is 5.75 Å². The molecule has 4 heteroatoms. The van der Waals surface area contributed by atoms with E-state index in [1.807, 2.05) is 60.8 Å². The minimum atomic E-state index is 0.476. The number of benzene rings is 3. The monoisotopic (exact) mass is 427 g/mol. The molecule has 3 rings (SSSR count). The fourth-order valence-electron chi connectivity index (χ4n) is 2.42. The molecule has 0 spiro atoms. The van der Waals surface area contributed by atoms with Crippen LogP contribution in [-0.4, -0.2) is 6.21 Å². The van der Waals surface area contributed by atoms with Crippen molar-refractivity contribution in [2.45, 2.75) is 20.0 Å². The van der Waals surface area contributed by atoms with Gasteiger partial charge in [-0.25, -0.2) is 0 Å². The number of ether oxygens (including phenoxy) is 1. The van der Waals surface area contributed by atoms with Gasteiger partial charge in [0.05, 0.1) is 10.7 Å². The van der Waals surface area contributed by atoms with E-state index in [2.05, 4.69) is 40.0 Å². The van der Waals surface area contributed by atoms with E-state index >= 15 is 0 Å². The average Bonchev–Trinajstić information content (AvgIpc) is 2.67. The van der Waals surface area contributed by atoms with Crippen LogP contribution in [0.2, 0.25) is 5.02 Å². The molecule has 0 aliphatic carbocycles. The predicted molar refractivity (Wildman–Crippen MR) is 113 cm³/mol. The normalized spacial score (nSPS) is 11.0. The third kappa shape index (κ3) is 5.20.